The zero-order valence-electron chi connectivity index (χ0n) is 11.9. The number of ether oxygens (including phenoxy) is 1. The minimum Gasteiger partial charge on any atom is -0.382 e. The van der Waals surface area contributed by atoms with E-state index in [0.717, 1.165) is 37.4 Å². The largest absolute Gasteiger partial charge is 0.382 e. The Labute approximate surface area is 118 Å². The van der Waals surface area contributed by atoms with Crippen LogP contribution in [0.5, 0.6) is 0 Å². The zero-order valence-corrected chi connectivity index (χ0v) is 11.9. The van der Waals surface area contributed by atoms with Crippen LogP contribution in [0.4, 0.5) is 11.4 Å². The number of nitro groups is 1. The average Bonchev–Trinajstić information content (AvgIpc) is 2.42. The first-order chi connectivity index (χ1) is 9.56. The van der Waals surface area contributed by atoms with Crippen LogP contribution in [0.15, 0.2) is 18.2 Å². The van der Waals surface area contributed by atoms with Gasteiger partial charge in [-0.2, -0.15) is 0 Å². The van der Waals surface area contributed by atoms with E-state index in [0.29, 0.717) is 6.04 Å². The topological polar surface area (TPSA) is 76.4 Å². The fraction of sp³-hybridized carbons (Fsp3) is 0.571. The summed E-state index contributed by atoms with van der Waals surface area (Å²) in [6, 6.07) is 5.45. The lowest BCUT2D eigenvalue weighted by Gasteiger charge is -2.27. The summed E-state index contributed by atoms with van der Waals surface area (Å²) >= 11 is 0. The normalized spacial score (nSPS) is 20.4. The summed E-state index contributed by atoms with van der Waals surface area (Å²) in [5, 5.41) is 17.6. The molecule has 0 aliphatic carbocycles. The van der Waals surface area contributed by atoms with Gasteiger partial charge in [-0.3, -0.25) is 10.1 Å². The van der Waals surface area contributed by atoms with Crippen LogP contribution in [-0.2, 0) is 4.74 Å². The van der Waals surface area contributed by atoms with E-state index < -0.39 is 0 Å². The van der Waals surface area contributed by atoms with Gasteiger partial charge in [-0.05, 0) is 25.8 Å². The lowest BCUT2D eigenvalue weighted by molar-refractivity contribution is -0.384. The van der Waals surface area contributed by atoms with E-state index in [1.807, 2.05) is 6.92 Å². The van der Waals surface area contributed by atoms with Crippen LogP contribution < -0.4 is 10.6 Å². The van der Waals surface area contributed by atoms with Gasteiger partial charge < -0.3 is 15.4 Å². The molecule has 1 aromatic rings. The highest BCUT2D eigenvalue weighted by Gasteiger charge is 2.17. The Hall–Kier alpha value is -1.66. The molecule has 2 N–H and O–H groups in total. The molecule has 0 radical (unpaired) electrons. The van der Waals surface area contributed by atoms with Crippen LogP contribution in [0.1, 0.15) is 18.9 Å². The van der Waals surface area contributed by atoms with Gasteiger partial charge in [0.1, 0.15) is 0 Å². The third-order valence-corrected chi connectivity index (χ3v) is 3.47. The van der Waals surface area contributed by atoms with E-state index in [2.05, 4.69) is 17.6 Å². The smallest absolute Gasteiger partial charge is 0.271 e. The first-order valence-electron chi connectivity index (χ1n) is 6.89. The zero-order chi connectivity index (χ0) is 14.5. The second-order valence-electron chi connectivity index (χ2n) is 5.26. The minimum absolute atomic E-state index is 0.115. The van der Waals surface area contributed by atoms with Crippen molar-refractivity contribution in [2.75, 3.05) is 25.1 Å². The van der Waals surface area contributed by atoms with Crippen LogP contribution in [0.25, 0.3) is 0 Å². The molecule has 110 valence electrons. The van der Waals surface area contributed by atoms with E-state index in [1.54, 1.807) is 12.1 Å². The highest BCUT2D eigenvalue weighted by Crippen LogP contribution is 2.23. The summed E-state index contributed by atoms with van der Waals surface area (Å²) in [5.41, 5.74) is 1.95. The Morgan fingerprint density at radius 3 is 3.05 bits per heavy atom. The molecule has 0 saturated carbocycles. The standard InChI is InChI=1S/C14H21N3O3/c1-10-3-4-13(17(18)19)8-14(10)16-11(2)7-12-9-20-6-5-15-12/h3-4,8,11-12,15-16H,5-7,9H2,1-2H3. The number of rotatable bonds is 5. The number of non-ortho nitro benzene ring substituents is 1. The molecule has 6 nitrogen and oxygen atoms in total. The molecule has 1 aromatic carbocycles. The van der Waals surface area contributed by atoms with Crippen molar-refractivity contribution in [3.05, 3.63) is 33.9 Å². The van der Waals surface area contributed by atoms with Crippen LogP contribution >= 0.6 is 0 Å². The van der Waals surface area contributed by atoms with E-state index >= 15 is 0 Å². The van der Waals surface area contributed by atoms with Crippen LogP contribution in [0.3, 0.4) is 0 Å². The molecule has 2 unspecified atom stereocenters. The number of benzene rings is 1. The van der Waals surface area contributed by atoms with Gasteiger partial charge in [-0.25, -0.2) is 0 Å². The van der Waals surface area contributed by atoms with Gasteiger partial charge in [-0.1, -0.05) is 6.07 Å². The van der Waals surface area contributed by atoms with Crippen molar-refractivity contribution in [2.45, 2.75) is 32.4 Å². The fourth-order valence-electron chi connectivity index (χ4n) is 2.40. The van der Waals surface area contributed by atoms with Crippen LogP contribution in [0, 0.1) is 17.0 Å². The first kappa shape index (κ1) is 14.7. The molecule has 2 atom stereocenters. The SMILES string of the molecule is Cc1ccc([N+](=O)[O-])cc1NC(C)CC1COCCN1. The predicted octanol–water partition coefficient (Wildman–Crippen LogP) is 2.08. The predicted molar refractivity (Wildman–Crippen MR) is 78.1 cm³/mol. The van der Waals surface area contributed by atoms with Crippen molar-refractivity contribution in [1.29, 1.82) is 0 Å². The molecule has 0 bridgehead atoms. The number of nitrogens with zero attached hydrogens (tertiary/aromatic N) is 1. The van der Waals surface area contributed by atoms with Crippen molar-refractivity contribution in [3.8, 4) is 0 Å². The Morgan fingerprint density at radius 1 is 1.60 bits per heavy atom. The molecule has 20 heavy (non-hydrogen) atoms. The molecule has 1 heterocycles. The number of nitrogens with one attached hydrogen (secondary N) is 2. The van der Waals surface area contributed by atoms with E-state index in [4.69, 9.17) is 4.74 Å². The minimum atomic E-state index is -0.369. The van der Waals surface area contributed by atoms with Crippen LogP contribution in [0.2, 0.25) is 0 Å². The van der Waals surface area contributed by atoms with Gasteiger partial charge in [0, 0.05) is 36.4 Å². The Kier molecular flexibility index (Phi) is 4.92. The van der Waals surface area contributed by atoms with Gasteiger partial charge in [-0.15, -0.1) is 0 Å². The second-order valence-corrected chi connectivity index (χ2v) is 5.26. The summed E-state index contributed by atoms with van der Waals surface area (Å²) < 4.78 is 5.43. The van der Waals surface area contributed by atoms with Gasteiger partial charge in [0.2, 0.25) is 0 Å². The Bertz CT molecular complexity index is 473. The third-order valence-electron chi connectivity index (χ3n) is 3.47. The quantitative estimate of drug-likeness (QED) is 0.637. The Morgan fingerprint density at radius 2 is 2.40 bits per heavy atom. The first-order valence-corrected chi connectivity index (χ1v) is 6.89. The summed E-state index contributed by atoms with van der Waals surface area (Å²) in [5.74, 6) is 0. The molecule has 0 amide bonds. The molecular formula is C14H21N3O3. The van der Waals surface area contributed by atoms with E-state index in [-0.39, 0.29) is 16.7 Å². The number of nitro benzene ring substituents is 1. The van der Waals surface area contributed by atoms with Crippen molar-refractivity contribution < 1.29 is 9.66 Å². The molecule has 2 rings (SSSR count). The summed E-state index contributed by atoms with van der Waals surface area (Å²) in [7, 11) is 0. The number of anilines is 1. The molecule has 6 heteroatoms. The van der Waals surface area contributed by atoms with Gasteiger partial charge in [0.25, 0.3) is 5.69 Å². The molecule has 1 aliphatic rings. The number of aryl methyl sites for hydroxylation is 1. The Balaban J connectivity index is 1.97. The molecule has 0 spiro atoms. The molecule has 1 aliphatic heterocycles. The van der Waals surface area contributed by atoms with E-state index in [9.17, 15) is 10.1 Å². The maximum Gasteiger partial charge on any atom is 0.271 e. The third kappa shape index (κ3) is 3.91. The monoisotopic (exact) mass is 279 g/mol. The van der Waals surface area contributed by atoms with Crippen molar-refractivity contribution in [1.82, 2.24) is 5.32 Å². The maximum absolute atomic E-state index is 10.8. The van der Waals surface area contributed by atoms with Gasteiger partial charge in [0.15, 0.2) is 0 Å². The summed E-state index contributed by atoms with van der Waals surface area (Å²) in [4.78, 5) is 10.4. The van der Waals surface area contributed by atoms with Gasteiger partial charge >= 0.3 is 0 Å². The fourth-order valence-corrected chi connectivity index (χ4v) is 2.40. The summed E-state index contributed by atoms with van der Waals surface area (Å²) in [6.45, 7) is 6.39. The number of hydrogen-bond acceptors (Lipinski definition) is 5. The average molecular weight is 279 g/mol. The van der Waals surface area contributed by atoms with Gasteiger partial charge in [0.05, 0.1) is 18.1 Å². The molecule has 1 fully saturated rings. The van der Waals surface area contributed by atoms with Crippen LogP contribution in [-0.4, -0.2) is 36.8 Å². The van der Waals surface area contributed by atoms with Crippen molar-refractivity contribution in [2.24, 2.45) is 0 Å². The highest BCUT2D eigenvalue weighted by atomic mass is 16.6. The summed E-state index contributed by atoms with van der Waals surface area (Å²) in [6.07, 6.45) is 0.919. The van der Waals surface area contributed by atoms with Crippen molar-refractivity contribution in [3.63, 3.8) is 0 Å². The highest BCUT2D eigenvalue weighted by molar-refractivity contribution is 5.57. The van der Waals surface area contributed by atoms with Crippen molar-refractivity contribution >= 4 is 11.4 Å². The second kappa shape index (κ2) is 6.67. The maximum atomic E-state index is 10.8. The lowest BCUT2D eigenvalue weighted by atomic mass is 10.1. The van der Waals surface area contributed by atoms with E-state index in [1.165, 1.54) is 6.07 Å². The lowest BCUT2D eigenvalue weighted by Crippen LogP contribution is -2.43. The molecular weight excluding hydrogens is 258 g/mol. The molecule has 0 aromatic heterocycles. The number of morpholine rings is 1. The molecule has 1 saturated heterocycles. The number of hydrogen-bond donors (Lipinski definition) is 2.